The van der Waals surface area contributed by atoms with E-state index in [4.69, 9.17) is 10.8 Å². The number of rotatable bonds is 2. The molecule has 0 aromatic rings. The molecule has 0 aliphatic rings. The van der Waals surface area contributed by atoms with Crippen LogP contribution < -0.4 is 5.73 Å². The van der Waals surface area contributed by atoms with Crippen LogP contribution >= 0.6 is 25.0 Å². The van der Waals surface area contributed by atoms with Crippen LogP contribution in [0.2, 0.25) is 0 Å². The third-order valence-corrected chi connectivity index (χ3v) is 0.907. The molecule has 1 atom stereocenters. The van der Waals surface area contributed by atoms with Gasteiger partial charge in [-0.15, -0.1) is 12.4 Å². The molecule has 0 unspecified atom stereocenters. The van der Waals surface area contributed by atoms with Crippen molar-refractivity contribution >= 4 is 31.0 Å². The van der Waals surface area contributed by atoms with Crippen LogP contribution in [0.4, 0.5) is 0 Å². The van der Waals surface area contributed by atoms with Gasteiger partial charge in [0.25, 0.3) is 0 Å². The lowest BCUT2D eigenvalue weighted by Crippen LogP contribution is -2.31. The van der Waals surface area contributed by atoms with Crippen molar-refractivity contribution in [1.29, 1.82) is 0 Å². The van der Waals surface area contributed by atoms with Crippen LogP contribution in [-0.2, 0) is 4.79 Å². The zero-order valence-electron chi connectivity index (χ0n) is 4.07. The number of thiol groups is 1. The van der Waals surface area contributed by atoms with Gasteiger partial charge in [-0.1, -0.05) is 7.43 Å². The van der Waals surface area contributed by atoms with Gasteiger partial charge in [0.05, 0.1) is 0 Å². The van der Waals surface area contributed by atoms with Gasteiger partial charge in [0, 0.05) is 5.75 Å². The van der Waals surface area contributed by atoms with Crippen molar-refractivity contribution in [3.63, 3.8) is 0 Å². The van der Waals surface area contributed by atoms with E-state index in [1.807, 2.05) is 0 Å². The van der Waals surface area contributed by atoms with E-state index in [1.54, 1.807) is 0 Å². The summed E-state index contributed by atoms with van der Waals surface area (Å²) < 4.78 is 0. The van der Waals surface area contributed by atoms with Crippen LogP contribution in [-0.4, -0.2) is 22.9 Å². The molecule has 9 heavy (non-hydrogen) atoms. The van der Waals surface area contributed by atoms with Crippen molar-refractivity contribution in [1.82, 2.24) is 0 Å². The summed E-state index contributed by atoms with van der Waals surface area (Å²) in [6.45, 7) is 0. The number of hydrogen-bond donors (Lipinski definition) is 3. The van der Waals surface area contributed by atoms with Gasteiger partial charge in [-0.05, 0) is 0 Å². The lowest BCUT2D eigenvalue weighted by atomic mass is 10.4. The fourth-order valence-electron chi connectivity index (χ4n) is 0.0781. The van der Waals surface area contributed by atoms with E-state index in [2.05, 4.69) is 12.6 Å². The summed E-state index contributed by atoms with van der Waals surface area (Å²) in [5.41, 5.74) is 4.94. The third-order valence-electron chi connectivity index (χ3n) is 0.514. The highest BCUT2D eigenvalue weighted by molar-refractivity contribution is 7.80. The molecule has 0 saturated carbocycles. The Morgan fingerprint density at radius 3 is 2.11 bits per heavy atom. The largest absolute Gasteiger partial charge is 0.480 e. The minimum absolute atomic E-state index is 0. The number of nitrogens with two attached hydrogens (primary N) is 1. The quantitative estimate of drug-likeness (QED) is 0.530. The summed E-state index contributed by atoms with van der Waals surface area (Å²) in [4.78, 5) is 9.76. The molecular weight excluding hydrogens is 162 g/mol. The summed E-state index contributed by atoms with van der Waals surface area (Å²) in [6, 6.07) is -0.816. The van der Waals surface area contributed by atoms with E-state index >= 15 is 0 Å². The first-order chi connectivity index (χ1) is 3.18. The lowest BCUT2D eigenvalue weighted by Gasteiger charge is -1.96. The molecule has 58 valence electrons. The molecule has 0 aromatic heterocycles. The second-order valence-electron chi connectivity index (χ2n) is 1.13. The first-order valence-corrected chi connectivity index (χ1v) is 2.41. The summed E-state index contributed by atoms with van der Waals surface area (Å²) in [5, 5.41) is 8.01. The fraction of sp³-hybridized carbons (Fsp3) is 0.750. The predicted molar refractivity (Wildman–Crippen MR) is 43.4 cm³/mol. The van der Waals surface area contributed by atoms with Crippen molar-refractivity contribution < 1.29 is 9.90 Å². The Balaban J connectivity index is -0.000000180. The van der Waals surface area contributed by atoms with Crippen molar-refractivity contribution in [3.05, 3.63) is 0 Å². The van der Waals surface area contributed by atoms with Crippen LogP contribution in [0.5, 0.6) is 0 Å². The molecule has 0 fully saturated rings. The Kier molecular flexibility index (Phi) is 14.4. The number of carboxylic acids is 1. The topological polar surface area (TPSA) is 63.3 Å². The zero-order valence-corrected chi connectivity index (χ0v) is 5.78. The van der Waals surface area contributed by atoms with Crippen LogP contribution in [0, 0.1) is 0 Å². The fourth-order valence-corrected chi connectivity index (χ4v) is 0.234. The standard InChI is InChI=1S/C3H7NO2S.CH4.ClH/c4-2(1-7)3(5)6;;/h2,7H,1,4H2,(H,5,6);1H4;1H/t2-;;/m1../s1. The SMILES string of the molecule is C.Cl.N[C@H](CS)C(=O)O. The lowest BCUT2D eigenvalue weighted by molar-refractivity contribution is -0.137. The maximum absolute atomic E-state index is 9.76. The van der Waals surface area contributed by atoms with Gasteiger partial charge in [-0.2, -0.15) is 12.6 Å². The number of halogens is 1. The molecule has 3 nitrogen and oxygen atoms in total. The highest BCUT2D eigenvalue weighted by Gasteiger charge is 2.06. The van der Waals surface area contributed by atoms with E-state index in [1.165, 1.54) is 0 Å². The van der Waals surface area contributed by atoms with Gasteiger partial charge < -0.3 is 10.8 Å². The molecule has 0 aromatic carbocycles. The van der Waals surface area contributed by atoms with Gasteiger partial charge >= 0.3 is 5.97 Å². The van der Waals surface area contributed by atoms with Gasteiger partial charge in [-0.25, -0.2) is 0 Å². The van der Waals surface area contributed by atoms with E-state index in [0.29, 0.717) is 0 Å². The first kappa shape index (κ1) is 16.0. The van der Waals surface area contributed by atoms with E-state index in [-0.39, 0.29) is 25.6 Å². The maximum Gasteiger partial charge on any atom is 0.321 e. The summed E-state index contributed by atoms with van der Waals surface area (Å²) in [7, 11) is 0. The van der Waals surface area contributed by atoms with Crippen LogP contribution in [0.15, 0.2) is 0 Å². The van der Waals surface area contributed by atoms with Gasteiger partial charge in [0.2, 0.25) is 0 Å². The maximum atomic E-state index is 9.76. The predicted octanol–water partition coefficient (Wildman–Crippen LogP) is 0.386. The smallest absolute Gasteiger partial charge is 0.321 e. The Bertz CT molecular complexity index is 81.0. The Hall–Kier alpha value is 0.0700. The molecule has 0 amide bonds. The number of hydrogen-bond acceptors (Lipinski definition) is 3. The molecule has 0 bridgehead atoms. The molecule has 0 aliphatic heterocycles. The van der Waals surface area contributed by atoms with Gasteiger partial charge in [0.1, 0.15) is 6.04 Å². The molecular formula is C4H12ClNO2S. The summed E-state index contributed by atoms with van der Waals surface area (Å²) >= 11 is 3.65. The summed E-state index contributed by atoms with van der Waals surface area (Å²) in [5.74, 6) is -0.815. The molecule has 0 saturated heterocycles. The normalized spacial score (nSPS) is 10.4. The average molecular weight is 174 g/mol. The van der Waals surface area contributed by atoms with Crippen LogP contribution in [0.25, 0.3) is 0 Å². The highest BCUT2D eigenvalue weighted by atomic mass is 35.5. The van der Waals surface area contributed by atoms with Crippen molar-refractivity contribution in [2.24, 2.45) is 5.73 Å². The Morgan fingerprint density at radius 1 is 1.78 bits per heavy atom. The molecule has 0 radical (unpaired) electrons. The minimum atomic E-state index is -1.00. The average Bonchev–Trinajstić information content (AvgIpc) is 1.65. The first-order valence-electron chi connectivity index (χ1n) is 1.77. The molecule has 0 aliphatic carbocycles. The highest BCUT2D eigenvalue weighted by Crippen LogP contribution is 1.80. The molecule has 0 heterocycles. The molecule has 0 spiro atoms. The monoisotopic (exact) mass is 173 g/mol. The van der Waals surface area contributed by atoms with Crippen molar-refractivity contribution in [3.8, 4) is 0 Å². The van der Waals surface area contributed by atoms with Crippen LogP contribution in [0.3, 0.4) is 0 Å². The van der Waals surface area contributed by atoms with Crippen LogP contribution in [0.1, 0.15) is 7.43 Å². The summed E-state index contributed by atoms with van der Waals surface area (Å²) in [6.07, 6.45) is 0. The third kappa shape index (κ3) is 8.07. The Labute approximate surface area is 66.4 Å². The minimum Gasteiger partial charge on any atom is -0.480 e. The molecule has 3 N–H and O–H groups in total. The van der Waals surface area contributed by atoms with E-state index < -0.39 is 12.0 Å². The number of aliphatic carboxylic acids is 1. The Morgan fingerprint density at radius 2 is 2.11 bits per heavy atom. The van der Waals surface area contributed by atoms with Gasteiger partial charge in [-0.3, -0.25) is 4.79 Å². The van der Waals surface area contributed by atoms with E-state index in [9.17, 15) is 4.79 Å². The number of carbonyl (C=O) groups is 1. The zero-order chi connectivity index (χ0) is 5.86. The molecule has 5 heteroatoms. The van der Waals surface area contributed by atoms with Crippen molar-refractivity contribution in [2.75, 3.05) is 5.75 Å². The second kappa shape index (κ2) is 8.07. The van der Waals surface area contributed by atoms with E-state index in [0.717, 1.165) is 0 Å². The number of carboxylic acid groups (broad SMARTS) is 1. The molecule has 0 rings (SSSR count). The van der Waals surface area contributed by atoms with Gasteiger partial charge in [0.15, 0.2) is 0 Å². The second-order valence-corrected chi connectivity index (χ2v) is 1.49. The van der Waals surface area contributed by atoms with Crippen molar-refractivity contribution in [2.45, 2.75) is 13.5 Å².